The Morgan fingerprint density at radius 1 is 0.868 bits per heavy atom. The molecule has 2 aliphatic heterocycles. The van der Waals surface area contributed by atoms with Gasteiger partial charge in [-0.1, -0.05) is 67.9 Å². The van der Waals surface area contributed by atoms with Crippen molar-refractivity contribution in [3.63, 3.8) is 0 Å². The second-order valence-corrected chi connectivity index (χ2v) is 11.9. The number of aliphatic hydroxyl groups excluding tert-OH is 1. The van der Waals surface area contributed by atoms with E-state index in [-0.39, 0.29) is 29.6 Å². The van der Waals surface area contributed by atoms with Crippen LogP contribution in [-0.4, -0.2) is 44.2 Å². The van der Waals surface area contributed by atoms with E-state index in [9.17, 15) is 13.5 Å². The Kier molecular flexibility index (Phi) is 8.45. The maximum Gasteiger partial charge on any atom is 0.261 e. The van der Waals surface area contributed by atoms with E-state index in [2.05, 4.69) is 16.5 Å². The fourth-order valence-corrected chi connectivity index (χ4v) is 6.33. The standard InChI is InChI=1S/C30H36N2O5S/c1-22-28(20-32-18-6-3-7-19-32)36-30(37-29(22)24-12-10-23(21-33)11-13-24)25-14-16-26(17-15-25)31-38(34,35)27-8-4-2-5-9-27/h2,4-5,8-17,22,28-31,33H,3,6-7,18-21H2,1H3/t22-,28+,29+,30+/m0/s1. The number of ether oxygens (including phenoxy) is 2. The van der Waals surface area contributed by atoms with Crippen LogP contribution in [0.25, 0.3) is 0 Å². The maximum atomic E-state index is 12.7. The Hall–Kier alpha value is -2.75. The van der Waals surface area contributed by atoms with Gasteiger partial charge >= 0.3 is 0 Å². The molecule has 7 nitrogen and oxygen atoms in total. The molecule has 4 atom stereocenters. The first-order chi connectivity index (χ1) is 18.4. The molecule has 0 aliphatic carbocycles. The Morgan fingerprint density at radius 3 is 2.18 bits per heavy atom. The topological polar surface area (TPSA) is 88.1 Å². The molecule has 0 unspecified atom stereocenters. The summed E-state index contributed by atoms with van der Waals surface area (Å²) in [6.45, 7) is 5.21. The van der Waals surface area contributed by atoms with Gasteiger partial charge in [0.15, 0.2) is 6.29 Å². The number of rotatable bonds is 8. The molecular weight excluding hydrogens is 500 g/mol. The van der Waals surface area contributed by atoms with Crippen LogP contribution in [0.5, 0.6) is 0 Å². The van der Waals surface area contributed by atoms with Crippen LogP contribution in [-0.2, 0) is 26.1 Å². The largest absolute Gasteiger partial charge is 0.392 e. The SMILES string of the molecule is C[C@H]1[C@@H](CN2CCCCC2)O[C@@H](c2ccc(NS(=O)(=O)c3ccccc3)cc2)O[C@H]1c1ccc(CO)cc1. The maximum absolute atomic E-state index is 12.7. The van der Waals surface area contributed by atoms with Gasteiger partial charge in [0.25, 0.3) is 10.0 Å². The molecule has 0 saturated carbocycles. The van der Waals surface area contributed by atoms with E-state index in [1.165, 1.54) is 19.3 Å². The molecule has 2 N–H and O–H groups in total. The van der Waals surface area contributed by atoms with E-state index < -0.39 is 16.3 Å². The van der Waals surface area contributed by atoms with E-state index in [1.54, 1.807) is 42.5 Å². The highest BCUT2D eigenvalue weighted by atomic mass is 32.2. The number of hydrogen-bond donors (Lipinski definition) is 2. The number of likely N-dealkylation sites (tertiary alicyclic amines) is 1. The molecule has 0 amide bonds. The average Bonchev–Trinajstić information content (AvgIpc) is 2.95. The minimum absolute atomic E-state index is 0.00501. The summed E-state index contributed by atoms with van der Waals surface area (Å²) in [5.41, 5.74) is 3.23. The molecule has 5 rings (SSSR count). The highest BCUT2D eigenvalue weighted by Crippen LogP contribution is 2.42. The smallest absolute Gasteiger partial charge is 0.261 e. The molecule has 8 heteroatoms. The molecular formula is C30H36N2O5S. The first kappa shape index (κ1) is 26.8. The summed E-state index contributed by atoms with van der Waals surface area (Å²) in [4.78, 5) is 2.70. The Morgan fingerprint density at radius 2 is 1.53 bits per heavy atom. The van der Waals surface area contributed by atoms with Crippen LogP contribution in [0.1, 0.15) is 55.3 Å². The summed E-state index contributed by atoms with van der Waals surface area (Å²) in [5.74, 6) is 0.130. The summed E-state index contributed by atoms with van der Waals surface area (Å²) < 4.78 is 41.2. The molecule has 0 aromatic heterocycles. The van der Waals surface area contributed by atoms with Crippen molar-refractivity contribution < 1.29 is 23.0 Å². The Balaban J connectivity index is 1.36. The molecule has 2 saturated heterocycles. The fraction of sp³-hybridized carbons (Fsp3) is 0.400. The lowest BCUT2D eigenvalue weighted by atomic mass is 9.89. The number of nitrogens with zero attached hydrogens (tertiary/aromatic N) is 1. The number of benzene rings is 3. The quantitative estimate of drug-likeness (QED) is 0.409. The zero-order valence-electron chi connectivity index (χ0n) is 21.7. The van der Waals surface area contributed by atoms with E-state index in [4.69, 9.17) is 9.47 Å². The zero-order valence-corrected chi connectivity index (χ0v) is 22.5. The number of anilines is 1. The van der Waals surface area contributed by atoms with Gasteiger partial charge in [0.05, 0.1) is 23.7 Å². The van der Waals surface area contributed by atoms with Crippen LogP contribution in [0.3, 0.4) is 0 Å². The van der Waals surface area contributed by atoms with Gasteiger partial charge in [0.2, 0.25) is 0 Å². The molecule has 2 fully saturated rings. The second-order valence-electron chi connectivity index (χ2n) is 10.2. The van der Waals surface area contributed by atoms with Gasteiger partial charge in [-0.05, 0) is 61.3 Å². The van der Waals surface area contributed by atoms with Crippen molar-refractivity contribution >= 4 is 15.7 Å². The van der Waals surface area contributed by atoms with E-state index in [0.29, 0.717) is 5.69 Å². The lowest BCUT2D eigenvalue weighted by Crippen LogP contribution is -2.45. The molecule has 202 valence electrons. The first-order valence-electron chi connectivity index (χ1n) is 13.3. The van der Waals surface area contributed by atoms with Crippen molar-refractivity contribution in [2.45, 2.75) is 56.2 Å². The van der Waals surface area contributed by atoms with Gasteiger partial charge in [-0.3, -0.25) is 4.72 Å². The van der Waals surface area contributed by atoms with E-state index in [0.717, 1.165) is 36.3 Å². The van der Waals surface area contributed by atoms with E-state index >= 15 is 0 Å². The average molecular weight is 537 g/mol. The van der Waals surface area contributed by atoms with Crippen LogP contribution in [0, 0.1) is 5.92 Å². The first-order valence-corrected chi connectivity index (χ1v) is 14.8. The van der Waals surface area contributed by atoms with Crippen molar-refractivity contribution in [2.24, 2.45) is 5.92 Å². The molecule has 3 aromatic carbocycles. The second kappa shape index (κ2) is 12.0. The van der Waals surface area contributed by atoms with Crippen LogP contribution >= 0.6 is 0 Å². The summed E-state index contributed by atoms with van der Waals surface area (Å²) in [6.07, 6.45) is 2.94. The summed E-state index contributed by atoms with van der Waals surface area (Å²) >= 11 is 0. The predicted octanol–water partition coefficient (Wildman–Crippen LogP) is 5.26. The third kappa shape index (κ3) is 6.27. The molecule has 2 heterocycles. The van der Waals surface area contributed by atoms with Crippen LogP contribution in [0.4, 0.5) is 5.69 Å². The molecule has 0 radical (unpaired) electrons. The van der Waals surface area contributed by atoms with Gasteiger partial charge in [0, 0.05) is 23.7 Å². The van der Waals surface area contributed by atoms with E-state index in [1.807, 2.05) is 36.4 Å². The number of piperidine rings is 1. The highest BCUT2D eigenvalue weighted by Gasteiger charge is 2.39. The van der Waals surface area contributed by atoms with Crippen molar-refractivity contribution in [2.75, 3.05) is 24.4 Å². The number of aliphatic hydroxyl groups is 1. The minimum Gasteiger partial charge on any atom is -0.392 e. The van der Waals surface area contributed by atoms with Gasteiger partial charge in [-0.15, -0.1) is 0 Å². The fourth-order valence-electron chi connectivity index (χ4n) is 5.25. The number of sulfonamides is 1. The normalized spacial score (nSPS) is 24.7. The van der Waals surface area contributed by atoms with Gasteiger partial charge in [-0.25, -0.2) is 8.42 Å². The summed E-state index contributed by atoms with van der Waals surface area (Å²) in [5, 5.41) is 9.46. The third-order valence-electron chi connectivity index (χ3n) is 7.50. The van der Waals surface area contributed by atoms with Crippen molar-refractivity contribution in [3.8, 4) is 0 Å². The Labute approximate surface area is 225 Å². The monoisotopic (exact) mass is 536 g/mol. The molecule has 0 bridgehead atoms. The predicted molar refractivity (Wildman–Crippen MR) is 147 cm³/mol. The third-order valence-corrected chi connectivity index (χ3v) is 8.90. The molecule has 2 aliphatic rings. The summed E-state index contributed by atoms with van der Waals surface area (Å²) in [7, 11) is -3.67. The molecule has 38 heavy (non-hydrogen) atoms. The zero-order chi connectivity index (χ0) is 26.5. The lowest BCUT2D eigenvalue weighted by molar-refractivity contribution is -0.276. The Bertz CT molecular complexity index is 1280. The van der Waals surface area contributed by atoms with Crippen molar-refractivity contribution in [1.29, 1.82) is 0 Å². The lowest BCUT2D eigenvalue weighted by Gasteiger charge is -2.43. The van der Waals surface area contributed by atoms with Gasteiger partial charge in [0.1, 0.15) is 0 Å². The number of hydrogen-bond acceptors (Lipinski definition) is 6. The molecule has 0 spiro atoms. The van der Waals surface area contributed by atoms with Crippen molar-refractivity contribution in [1.82, 2.24) is 4.90 Å². The van der Waals surface area contributed by atoms with Crippen molar-refractivity contribution in [3.05, 3.63) is 95.6 Å². The minimum atomic E-state index is -3.67. The van der Waals surface area contributed by atoms with Crippen LogP contribution < -0.4 is 4.72 Å². The van der Waals surface area contributed by atoms with Gasteiger partial charge in [-0.2, -0.15) is 0 Å². The summed E-state index contributed by atoms with van der Waals surface area (Å²) in [6, 6.07) is 23.4. The highest BCUT2D eigenvalue weighted by molar-refractivity contribution is 7.92. The molecule has 3 aromatic rings. The number of nitrogens with one attached hydrogen (secondary N) is 1. The van der Waals surface area contributed by atoms with Crippen LogP contribution in [0.15, 0.2) is 83.8 Å². The van der Waals surface area contributed by atoms with Gasteiger partial charge < -0.3 is 19.5 Å². The van der Waals surface area contributed by atoms with Crippen LogP contribution in [0.2, 0.25) is 0 Å².